The van der Waals surface area contributed by atoms with Gasteiger partial charge in [-0.1, -0.05) is 0 Å². The van der Waals surface area contributed by atoms with E-state index in [0.717, 1.165) is 43.8 Å². The zero-order valence-electron chi connectivity index (χ0n) is 15.7. The minimum atomic E-state index is -4.57. The summed E-state index contributed by atoms with van der Waals surface area (Å²) >= 11 is 1.50. The summed E-state index contributed by atoms with van der Waals surface area (Å²) in [5, 5.41) is 13.0. The Bertz CT molecular complexity index is 1020. The van der Waals surface area contributed by atoms with Crippen LogP contribution in [0.5, 0.6) is 5.75 Å². The second kappa shape index (κ2) is 8.54. The highest BCUT2D eigenvalue weighted by Crippen LogP contribution is 2.34. The van der Waals surface area contributed by atoms with Gasteiger partial charge in [0.1, 0.15) is 16.5 Å². The number of alkyl halides is 3. The number of nitrogens with one attached hydrogen (secondary N) is 1. The van der Waals surface area contributed by atoms with Gasteiger partial charge in [0.2, 0.25) is 5.95 Å². The molecule has 1 saturated heterocycles. The first-order valence-electron chi connectivity index (χ1n) is 9.13. The molecule has 1 aliphatic rings. The van der Waals surface area contributed by atoms with Gasteiger partial charge in [-0.05, 0) is 18.2 Å². The fourth-order valence-electron chi connectivity index (χ4n) is 2.99. The predicted octanol–water partition coefficient (Wildman–Crippen LogP) is 3.90. The van der Waals surface area contributed by atoms with E-state index in [1.54, 1.807) is 12.3 Å². The summed E-state index contributed by atoms with van der Waals surface area (Å²) in [4.78, 5) is 16.2. The summed E-state index contributed by atoms with van der Waals surface area (Å²) in [5.41, 5.74) is -0.373. The van der Waals surface area contributed by atoms with E-state index in [4.69, 9.17) is 4.74 Å². The van der Waals surface area contributed by atoms with Crippen LogP contribution in [0.1, 0.15) is 10.4 Å². The lowest BCUT2D eigenvalue weighted by molar-refractivity contribution is -0.137. The highest BCUT2D eigenvalue weighted by molar-refractivity contribution is 7.14. The quantitative estimate of drug-likeness (QED) is 0.626. The van der Waals surface area contributed by atoms with E-state index in [1.807, 2.05) is 0 Å². The number of phenolic OH excluding ortho intramolecular Hbond substituents is 1. The third-order valence-corrected chi connectivity index (χ3v) is 5.42. The number of nitrogens with zero attached hydrogens (tertiary/aromatic N) is 4. The van der Waals surface area contributed by atoms with Crippen LogP contribution in [0.25, 0.3) is 10.7 Å². The number of thiazole rings is 1. The molecule has 0 amide bonds. The summed E-state index contributed by atoms with van der Waals surface area (Å²) < 4.78 is 44.2. The van der Waals surface area contributed by atoms with Gasteiger partial charge in [-0.2, -0.15) is 13.2 Å². The lowest BCUT2D eigenvalue weighted by Crippen LogP contribution is -2.35. The number of aromatic nitrogens is 3. The van der Waals surface area contributed by atoms with E-state index in [2.05, 4.69) is 25.2 Å². The third-order valence-electron chi connectivity index (χ3n) is 4.41. The first-order chi connectivity index (χ1) is 14.4. The number of anilines is 2. The van der Waals surface area contributed by atoms with Crippen molar-refractivity contribution in [2.75, 3.05) is 31.6 Å². The number of halogens is 3. The Labute approximate surface area is 174 Å². The Morgan fingerprint density at radius 2 is 1.97 bits per heavy atom. The molecule has 4 rings (SSSR count). The molecule has 2 aromatic heterocycles. The molecule has 7 nitrogen and oxygen atoms in total. The average molecular weight is 437 g/mol. The lowest BCUT2D eigenvalue weighted by atomic mass is 10.2. The summed E-state index contributed by atoms with van der Waals surface area (Å²) in [5.74, 6) is -0.396. The van der Waals surface area contributed by atoms with Crippen molar-refractivity contribution < 1.29 is 23.0 Å². The summed E-state index contributed by atoms with van der Waals surface area (Å²) in [6.07, 6.45) is -1.27. The van der Waals surface area contributed by atoms with Gasteiger partial charge < -0.3 is 15.2 Å². The van der Waals surface area contributed by atoms with Crippen LogP contribution in [0, 0.1) is 0 Å². The van der Waals surface area contributed by atoms with Crippen LogP contribution in [-0.2, 0) is 17.5 Å². The molecule has 0 saturated carbocycles. The molecule has 1 fully saturated rings. The van der Waals surface area contributed by atoms with E-state index in [9.17, 15) is 18.3 Å². The van der Waals surface area contributed by atoms with Gasteiger partial charge in [0.15, 0.2) is 0 Å². The second-order valence-electron chi connectivity index (χ2n) is 6.68. The molecule has 11 heteroatoms. The standard InChI is InChI=1S/C19H18F3N5O2S/c20-19(21,22)12-7-13(9-14(28)8-12)25-18-23-2-1-16(26-18)17-24-10-15(30-17)11-27-3-5-29-6-4-27/h1-2,7-10,28H,3-6,11H2,(H,23,25,26). The molecule has 158 valence electrons. The molecule has 0 aliphatic carbocycles. The minimum Gasteiger partial charge on any atom is -0.508 e. The molecule has 1 aliphatic heterocycles. The van der Waals surface area contributed by atoms with Gasteiger partial charge in [-0.3, -0.25) is 4.90 Å². The molecule has 2 N–H and O–H groups in total. The van der Waals surface area contributed by atoms with Crippen LogP contribution >= 0.6 is 11.3 Å². The van der Waals surface area contributed by atoms with Crippen molar-refractivity contribution in [2.45, 2.75) is 12.7 Å². The van der Waals surface area contributed by atoms with Crippen LogP contribution < -0.4 is 5.32 Å². The fourth-order valence-corrected chi connectivity index (χ4v) is 3.92. The highest BCUT2D eigenvalue weighted by Gasteiger charge is 2.31. The number of benzene rings is 1. The van der Waals surface area contributed by atoms with Crippen LogP contribution in [0.4, 0.5) is 24.8 Å². The number of hydrogen-bond acceptors (Lipinski definition) is 8. The maximum atomic E-state index is 13.0. The number of ether oxygens (including phenoxy) is 1. The van der Waals surface area contributed by atoms with Crippen LogP contribution in [0.15, 0.2) is 36.7 Å². The Morgan fingerprint density at radius 1 is 1.17 bits per heavy atom. The Morgan fingerprint density at radius 3 is 2.73 bits per heavy atom. The van der Waals surface area contributed by atoms with E-state index >= 15 is 0 Å². The molecule has 0 radical (unpaired) electrons. The van der Waals surface area contributed by atoms with Crippen molar-refractivity contribution in [3.63, 3.8) is 0 Å². The van der Waals surface area contributed by atoms with E-state index < -0.39 is 17.5 Å². The van der Waals surface area contributed by atoms with Crippen molar-refractivity contribution in [1.29, 1.82) is 0 Å². The van der Waals surface area contributed by atoms with Crippen molar-refractivity contribution in [3.8, 4) is 16.5 Å². The lowest BCUT2D eigenvalue weighted by Gasteiger charge is -2.25. The normalized spacial score (nSPS) is 15.3. The van der Waals surface area contributed by atoms with E-state index in [1.165, 1.54) is 23.6 Å². The maximum absolute atomic E-state index is 13.0. The van der Waals surface area contributed by atoms with Crippen molar-refractivity contribution in [2.24, 2.45) is 0 Å². The molecule has 3 heterocycles. The predicted molar refractivity (Wildman–Crippen MR) is 106 cm³/mol. The van der Waals surface area contributed by atoms with Gasteiger partial charge in [0.25, 0.3) is 0 Å². The van der Waals surface area contributed by atoms with E-state index in [-0.39, 0.29) is 11.6 Å². The Hall–Kier alpha value is -2.76. The Kier molecular flexibility index (Phi) is 5.84. The summed E-state index contributed by atoms with van der Waals surface area (Å²) in [7, 11) is 0. The van der Waals surface area contributed by atoms with Gasteiger partial charge in [-0.15, -0.1) is 11.3 Å². The van der Waals surface area contributed by atoms with Crippen molar-refractivity contribution >= 4 is 23.0 Å². The molecular weight excluding hydrogens is 419 g/mol. The molecule has 0 atom stereocenters. The summed E-state index contributed by atoms with van der Waals surface area (Å²) in [6.45, 7) is 3.97. The van der Waals surface area contributed by atoms with E-state index in [0.29, 0.717) is 16.8 Å². The van der Waals surface area contributed by atoms with Crippen molar-refractivity contribution in [1.82, 2.24) is 19.9 Å². The molecule has 3 aromatic rings. The second-order valence-corrected chi connectivity index (χ2v) is 7.79. The maximum Gasteiger partial charge on any atom is 0.416 e. The smallest absolute Gasteiger partial charge is 0.416 e. The van der Waals surface area contributed by atoms with Gasteiger partial charge >= 0.3 is 6.18 Å². The van der Waals surface area contributed by atoms with Gasteiger partial charge in [0.05, 0.1) is 18.8 Å². The minimum absolute atomic E-state index is 0.0339. The number of morpholine rings is 1. The number of rotatable bonds is 5. The number of hydrogen-bond donors (Lipinski definition) is 2. The fraction of sp³-hybridized carbons (Fsp3) is 0.316. The average Bonchev–Trinajstić information content (AvgIpc) is 3.16. The molecular formula is C19H18F3N5O2S. The van der Waals surface area contributed by atoms with Crippen LogP contribution in [0.2, 0.25) is 0 Å². The first-order valence-corrected chi connectivity index (χ1v) is 9.95. The molecule has 30 heavy (non-hydrogen) atoms. The monoisotopic (exact) mass is 437 g/mol. The highest BCUT2D eigenvalue weighted by atomic mass is 32.1. The zero-order chi connectivity index (χ0) is 21.1. The van der Waals surface area contributed by atoms with Gasteiger partial charge in [-0.25, -0.2) is 15.0 Å². The topological polar surface area (TPSA) is 83.4 Å². The largest absolute Gasteiger partial charge is 0.508 e. The number of aromatic hydroxyl groups is 1. The SMILES string of the molecule is Oc1cc(Nc2nccc(-c3ncc(CN4CCOCC4)s3)n2)cc(C(F)(F)F)c1. The zero-order valence-corrected chi connectivity index (χ0v) is 16.5. The van der Waals surface area contributed by atoms with Crippen LogP contribution in [-0.4, -0.2) is 51.3 Å². The first kappa shape index (κ1) is 20.5. The molecule has 0 unspecified atom stereocenters. The molecule has 0 bridgehead atoms. The number of phenols is 1. The molecule has 1 aromatic carbocycles. The van der Waals surface area contributed by atoms with Crippen LogP contribution in [0.3, 0.4) is 0 Å². The van der Waals surface area contributed by atoms with Crippen molar-refractivity contribution in [3.05, 3.63) is 47.1 Å². The Balaban J connectivity index is 1.50. The molecule has 0 spiro atoms. The van der Waals surface area contributed by atoms with Gasteiger partial charge in [0, 0.05) is 48.7 Å². The third kappa shape index (κ3) is 5.04. The summed E-state index contributed by atoms with van der Waals surface area (Å²) in [6, 6.07) is 4.41.